The van der Waals surface area contributed by atoms with Crippen molar-refractivity contribution in [3.63, 3.8) is 0 Å². The van der Waals surface area contributed by atoms with Gasteiger partial charge in [0.1, 0.15) is 5.78 Å². The zero-order valence-electron chi connectivity index (χ0n) is 8.79. The van der Waals surface area contributed by atoms with Crippen molar-refractivity contribution in [3.8, 4) is 0 Å². The maximum Gasteiger partial charge on any atom is 1.00 e. The Labute approximate surface area is 134 Å². The number of fused-ring (bicyclic) bond motifs is 1. The molecule has 0 radical (unpaired) electrons. The number of hydrogen-bond acceptors (Lipinski definition) is 1. The molecule has 0 fully saturated rings. The number of aryl methyl sites for hydroxylation is 1. The van der Waals surface area contributed by atoms with Gasteiger partial charge in [-0.05, 0) is 0 Å². The molecule has 1 aliphatic rings. The molecule has 0 bridgehead atoms. The Hall–Kier alpha value is 0.565. The van der Waals surface area contributed by atoms with E-state index in [0.29, 0.717) is 0 Å². The molecule has 1 atom stereocenters. The van der Waals surface area contributed by atoms with Crippen LogP contribution in [-0.4, -0.2) is 5.78 Å². The van der Waals surface area contributed by atoms with Crippen LogP contribution in [0.3, 0.4) is 0 Å². The van der Waals surface area contributed by atoms with E-state index in [2.05, 4.69) is 6.07 Å². The number of carbonyl (C=O) groups excluding carboxylic acids is 1. The van der Waals surface area contributed by atoms with Crippen molar-refractivity contribution in [2.75, 3.05) is 0 Å². The van der Waals surface area contributed by atoms with E-state index in [1.54, 1.807) is 6.42 Å². The van der Waals surface area contributed by atoms with Crippen LogP contribution in [0.1, 0.15) is 24.5 Å². The summed E-state index contributed by atoms with van der Waals surface area (Å²) < 4.78 is 0. The van der Waals surface area contributed by atoms with Gasteiger partial charge in [-0.25, -0.2) is 0 Å². The van der Waals surface area contributed by atoms with Gasteiger partial charge in [0.2, 0.25) is 0 Å². The second kappa shape index (κ2) is 5.59. The van der Waals surface area contributed by atoms with Crippen LogP contribution in [0.2, 0.25) is 0 Å². The molecule has 1 aliphatic carbocycles. The third-order valence-electron chi connectivity index (χ3n) is 2.69. The molecule has 0 aliphatic heterocycles. The maximum atomic E-state index is 11.5. The molecule has 0 saturated heterocycles. The number of carbonyl (C=O) groups is 1. The van der Waals surface area contributed by atoms with Crippen LogP contribution in [0, 0.1) is 12.3 Å². The van der Waals surface area contributed by atoms with E-state index < -0.39 is 0 Å². The average molecular weight is 259 g/mol. The van der Waals surface area contributed by atoms with Crippen LogP contribution in [0.4, 0.5) is 0 Å². The number of benzene rings is 1. The van der Waals surface area contributed by atoms with Crippen LogP contribution < -0.4 is 58.2 Å². The first kappa shape index (κ1) is 12.6. The third kappa shape index (κ3) is 2.79. The van der Waals surface area contributed by atoms with Crippen LogP contribution in [0.25, 0.3) is 0 Å². The van der Waals surface area contributed by atoms with Gasteiger partial charge in [0.15, 0.2) is 0 Å². The molecule has 0 saturated carbocycles. The minimum atomic E-state index is 0. The molecular formula is C12H13ORb. The van der Waals surface area contributed by atoms with Crippen molar-refractivity contribution in [3.05, 3.63) is 41.8 Å². The summed E-state index contributed by atoms with van der Waals surface area (Å²) in [5.74, 6) is 0.456. The molecule has 0 heterocycles. The standard InChI is InChI=1S/C12H13O.Rb/c1-9-6-7-10-4-2-3-5-11(10)8-12(9)13;/h2-5,8-9H,6-7H2,1H3;/q-1;+1. The first-order valence-electron chi connectivity index (χ1n) is 4.74. The predicted molar refractivity (Wildman–Crippen MR) is 52.3 cm³/mol. The summed E-state index contributed by atoms with van der Waals surface area (Å²) in [6.45, 7) is 2.00. The van der Waals surface area contributed by atoms with E-state index in [0.717, 1.165) is 18.4 Å². The smallest absolute Gasteiger partial charge is 0.309 e. The van der Waals surface area contributed by atoms with Crippen LogP contribution in [0.5, 0.6) is 0 Å². The summed E-state index contributed by atoms with van der Waals surface area (Å²) in [4.78, 5) is 11.5. The van der Waals surface area contributed by atoms with Crippen LogP contribution >= 0.6 is 0 Å². The topological polar surface area (TPSA) is 17.1 Å². The summed E-state index contributed by atoms with van der Waals surface area (Å²) in [7, 11) is 0. The van der Waals surface area contributed by atoms with Crippen molar-refractivity contribution < 1.29 is 63.0 Å². The van der Waals surface area contributed by atoms with E-state index in [1.165, 1.54) is 5.56 Å². The van der Waals surface area contributed by atoms with Crippen molar-refractivity contribution in [2.24, 2.45) is 5.92 Å². The van der Waals surface area contributed by atoms with E-state index in [1.807, 2.05) is 25.1 Å². The molecule has 1 aromatic rings. The Morgan fingerprint density at radius 3 is 2.86 bits per heavy atom. The third-order valence-corrected chi connectivity index (χ3v) is 2.69. The molecule has 2 heteroatoms. The van der Waals surface area contributed by atoms with Crippen molar-refractivity contribution in [1.82, 2.24) is 0 Å². The number of Topliss-reactive ketones (excluding diaryl/α,β-unsaturated/α-hetero) is 1. The van der Waals surface area contributed by atoms with Crippen LogP contribution in [0.15, 0.2) is 24.3 Å². The fourth-order valence-corrected chi connectivity index (χ4v) is 1.71. The average Bonchev–Trinajstić information content (AvgIpc) is 2.28. The molecule has 0 N–H and O–H groups in total. The van der Waals surface area contributed by atoms with Gasteiger partial charge >= 0.3 is 58.2 Å². The van der Waals surface area contributed by atoms with Gasteiger partial charge in [0.25, 0.3) is 0 Å². The van der Waals surface area contributed by atoms with E-state index in [4.69, 9.17) is 0 Å². The molecule has 2 rings (SSSR count). The fraction of sp³-hybridized carbons (Fsp3) is 0.333. The quantitative estimate of drug-likeness (QED) is 0.449. The second-order valence-corrected chi connectivity index (χ2v) is 3.69. The predicted octanol–water partition coefficient (Wildman–Crippen LogP) is -0.606. The van der Waals surface area contributed by atoms with Crippen molar-refractivity contribution >= 4 is 5.78 Å². The van der Waals surface area contributed by atoms with Gasteiger partial charge in [-0.15, -0.1) is 24.1 Å². The summed E-state index contributed by atoms with van der Waals surface area (Å²) in [5.41, 5.74) is 2.41. The molecule has 0 spiro atoms. The maximum absolute atomic E-state index is 11.5. The molecule has 1 nitrogen and oxygen atoms in total. The second-order valence-electron chi connectivity index (χ2n) is 3.69. The Bertz CT molecular complexity index is 333. The number of hydrogen-bond donors (Lipinski definition) is 0. The molecular weight excluding hydrogens is 246 g/mol. The molecule has 1 unspecified atom stereocenters. The van der Waals surface area contributed by atoms with E-state index >= 15 is 0 Å². The first-order chi connectivity index (χ1) is 6.27. The number of ketones is 1. The van der Waals surface area contributed by atoms with Gasteiger partial charge in [0, 0.05) is 5.92 Å². The molecule has 0 amide bonds. The van der Waals surface area contributed by atoms with Crippen molar-refractivity contribution in [2.45, 2.75) is 19.8 Å². The van der Waals surface area contributed by atoms with Gasteiger partial charge in [-0.3, -0.25) is 0 Å². The summed E-state index contributed by atoms with van der Waals surface area (Å²) in [6, 6.07) is 8.15. The summed E-state index contributed by atoms with van der Waals surface area (Å²) in [5, 5.41) is 0. The SMILES string of the molecule is CC1CCc2ccccc2[CH-]C1=O.[Rb+]. The Morgan fingerprint density at radius 1 is 1.36 bits per heavy atom. The Kier molecular flexibility index (Phi) is 5.05. The summed E-state index contributed by atoms with van der Waals surface area (Å²) in [6.07, 6.45) is 3.79. The molecule has 0 aromatic heterocycles. The molecule has 14 heavy (non-hydrogen) atoms. The molecule has 1 aromatic carbocycles. The zero-order chi connectivity index (χ0) is 9.26. The number of rotatable bonds is 0. The summed E-state index contributed by atoms with van der Waals surface area (Å²) >= 11 is 0. The fourth-order valence-electron chi connectivity index (χ4n) is 1.71. The van der Waals surface area contributed by atoms with Crippen LogP contribution in [-0.2, 0) is 11.2 Å². The van der Waals surface area contributed by atoms with Gasteiger partial charge in [-0.1, -0.05) is 25.8 Å². The largest absolute Gasteiger partial charge is 1.00 e. The van der Waals surface area contributed by atoms with Gasteiger partial charge < -0.3 is 4.79 Å². The molecule has 68 valence electrons. The van der Waals surface area contributed by atoms with E-state index in [9.17, 15) is 4.79 Å². The van der Waals surface area contributed by atoms with E-state index in [-0.39, 0.29) is 69.9 Å². The first-order valence-corrected chi connectivity index (χ1v) is 4.74. The zero-order valence-corrected chi connectivity index (χ0v) is 13.7. The monoisotopic (exact) mass is 258 g/mol. The normalized spacial score (nSPS) is 20.1. The van der Waals surface area contributed by atoms with Gasteiger partial charge in [-0.2, -0.15) is 11.6 Å². The minimum Gasteiger partial charge on any atom is -0.309 e. The minimum absolute atomic E-state index is 0. The van der Waals surface area contributed by atoms with Crippen molar-refractivity contribution in [1.29, 1.82) is 0 Å². The Morgan fingerprint density at radius 2 is 2.07 bits per heavy atom. The van der Waals surface area contributed by atoms with Gasteiger partial charge in [0.05, 0.1) is 0 Å². The Balaban J connectivity index is 0.000000980.